The van der Waals surface area contributed by atoms with Crippen molar-refractivity contribution in [3.05, 3.63) is 43.0 Å². The zero-order valence-corrected chi connectivity index (χ0v) is 12.1. The van der Waals surface area contributed by atoms with Crippen LogP contribution in [0.4, 0.5) is 5.69 Å². The molecule has 1 unspecified atom stereocenters. The summed E-state index contributed by atoms with van der Waals surface area (Å²) in [7, 11) is 0. The summed E-state index contributed by atoms with van der Waals surface area (Å²) in [6.07, 6.45) is 2.53. The SMILES string of the molecule is O=C(O)CC1SC(=Nn2cnnc2)N(c2ccccc2)C1=O. The number of rotatable bonds is 4. The summed E-state index contributed by atoms with van der Waals surface area (Å²) < 4.78 is 1.37. The molecule has 0 aliphatic carbocycles. The zero-order valence-electron chi connectivity index (χ0n) is 11.2. The van der Waals surface area contributed by atoms with Crippen molar-refractivity contribution in [1.29, 1.82) is 0 Å². The molecule has 1 amide bonds. The molecule has 22 heavy (non-hydrogen) atoms. The monoisotopic (exact) mass is 317 g/mol. The number of aromatic nitrogens is 3. The molecule has 0 radical (unpaired) electrons. The number of nitrogens with zero attached hydrogens (tertiary/aromatic N) is 5. The highest BCUT2D eigenvalue weighted by molar-refractivity contribution is 8.16. The number of para-hydroxylation sites is 1. The Morgan fingerprint density at radius 1 is 1.27 bits per heavy atom. The normalized spacial score (nSPS) is 19.8. The summed E-state index contributed by atoms with van der Waals surface area (Å²) in [4.78, 5) is 24.8. The van der Waals surface area contributed by atoms with Gasteiger partial charge < -0.3 is 5.11 Å². The lowest BCUT2D eigenvalue weighted by Gasteiger charge is -2.15. The van der Waals surface area contributed by atoms with Crippen LogP contribution in [0.1, 0.15) is 6.42 Å². The highest BCUT2D eigenvalue weighted by atomic mass is 32.2. The van der Waals surface area contributed by atoms with E-state index in [0.717, 1.165) is 11.8 Å². The number of aliphatic carboxylic acids is 1. The number of carbonyl (C=O) groups is 2. The van der Waals surface area contributed by atoms with Gasteiger partial charge in [0.2, 0.25) is 5.91 Å². The van der Waals surface area contributed by atoms with Crippen LogP contribution in [0.2, 0.25) is 0 Å². The number of amides is 1. The third-order valence-electron chi connectivity index (χ3n) is 2.92. The maximum atomic E-state index is 12.5. The number of carboxylic acids is 1. The van der Waals surface area contributed by atoms with E-state index in [4.69, 9.17) is 5.11 Å². The smallest absolute Gasteiger partial charge is 0.305 e. The van der Waals surface area contributed by atoms with Gasteiger partial charge in [0.1, 0.15) is 17.9 Å². The number of carboxylic acid groups (broad SMARTS) is 1. The fourth-order valence-electron chi connectivity index (χ4n) is 1.98. The molecule has 1 saturated heterocycles. The van der Waals surface area contributed by atoms with E-state index in [0.29, 0.717) is 10.9 Å². The number of thioether (sulfide) groups is 1. The van der Waals surface area contributed by atoms with Crippen molar-refractivity contribution in [3.63, 3.8) is 0 Å². The third kappa shape index (κ3) is 2.84. The summed E-state index contributed by atoms with van der Waals surface area (Å²) >= 11 is 1.12. The highest BCUT2D eigenvalue weighted by Crippen LogP contribution is 2.33. The number of hydrogen-bond acceptors (Lipinski definition) is 6. The molecule has 1 atom stereocenters. The first kappa shape index (κ1) is 14.3. The second-order valence-corrected chi connectivity index (χ2v) is 5.61. The first-order valence-electron chi connectivity index (χ1n) is 6.36. The van der Waals surface area contributed by atoms with E-state index in [-0.39, 0.29) is 12.3 Å². The molecule has 112 valence electrons. The molecule has 1 aliphatic heterocycles. The van der Waals surface area contributed by atoms with Gasteiger partial charge in [0, 0.05) is 0 Å². The van der Waals surface area contributed by atoms with Crippen LogP contribution in [0.25, 0.3) is 0 Å². The van der Waals surface area contributed by atoms with Crippen molar-refractivity contribution in [2.45, 2.75) is 11.7 Å². The average molecular weight is 317 g/mol. The fourth-order valence-corrected chi connectivity index (χ4v) is 3.11. The molecule has 0 bridgehead atoms. The lowest BCUT2D eigenvalue weighted by molar-refractivity contribution is -0.138. The van der Waals surface area contributed by atoms with Crippen molar-refractivity contribution in [1.82, 2.24) is 14.9 Å². The molecular weight excluding hydrogens is 306 g/mol. The minimum absolute atomic E-state index is 0.256. The predicted molar refractivity (Wildman–Crippen MR) is 80.4 cm³/mol. The Balaban J connectivity index is 1.98. The molecule has 1 aromatic heterocycles. The van der Waals surface area contributed by atoms with Crippen molar-refractivity contribution in [3.8, 4) is 0 Å². The zero-order chi connectivity index (χ0) is 15.5. The van der Waals surface area contributed by atoms with Crippen LogP contribution in [0.15, 0.2) is 48.1 Å². The molecule has 1 aliphatic rings. The molecule has 8 nitrogen and oxygen atoms in total. The molecular formula is C13H11N5O3S. The average Bonchev–Trinajstić information content (AvgIpc) is 3.09. The molecule has 1 N–H and O–H groups in total. The van der Waals surface area contributed by atoms with E-state index in [1.165, 1.54) is 22.2 Å². The Hall–Kier alpha value is -2.68. The van der Waals surface area contributed by atoms with Gasteiger partial charge >= 0.3 is 5.97 Å². The Kier molecular flexibility index (Phi) is 3.88. The minimum atomic E-state index is -1.02. The summed E-state index contributed by atoms with van der Waals surface area (Å²) in [6.45, 7) is 0. The molecule has 2 aromatic rings. The van der Waals surface area contributed by atoms with Gasteiger partial charge in [-0.15, -0.1) is 15.3 Å². The van der Waals surface area contributed by atoms with Gasteiger partial charge in [-0.2, -0.15) is 0 Å². The van der Waals surface area contributed by atoms with E-state index in [1.54, 1.807) is 24.3 Å². The van der Waals surface area contributed by atoms with E-state index < -0.39 is 11.2 Å². The van der Waals surface area contributed by atoms with Gasteiger partial charge in [-0.25, -0.2) is 4.68 Å². The van der Waals surface area contributed by atoms with Crippen molar-refractivity contribution >= 4 is 34.5 Å². The summed E-state index contributed by atoms with van der Waals surface area (Å²) in [5, 5.41) is 20.2. The van der Waals surface area contributed by atoms with Crippen LogP contribution in [0, 0.1) is 0 Å². The van der Waals surface area contributed by atoms with Crippen molar-refractivity contribution in [2.24, 2.45) is 5.10 Å². The van der Waals surface area contributed by atoms with E-state index in [9.17, 15) is 9.59 Å². The number of carbonyl (C=O) groups excluding carboxylic acids is 1. The van der Waals surface area contributed by atoms with Crippen LogP contribution >= 0.6 is 11.8 Å². The second kappa shape index (κ2) is 5.98. The number of anilines is 1. The van der Waals surface area contributed by atoms with Gasteiger partial charge in [0.05, 0.1) is 12.1 Å². The highest BCUT2D eigenvalue weighted by Gasteiger charge is 2.40. The maximum absolute atomic E-state index is 12.5. The molecule has 0 spiro atoms. The Labute approximate surface area is 129 Å². The van der Waals surface area contributed by atoms with Crippen molar-refractivity contribution < 1.29 is 14.7 Å². The summed E-state index contributed by atoms with van der Waals surface area (Å²) in [5.74, 6) is -1.32. The molecule has 9 heteroatoms. The number of hydrogen-bond donors (Lipinski definition) is 1. The first-order chi connectivity index (χ1) is 10.6. The quantitative estimate of drug-likeness (QED) is 0.903. The standard InChI is InChI=1S/C13H11N5O3S/c19-11(20)6-10-12(21)18(9-4-2-1-3-5-9)13(22-10)16-17-7-14-15-8-17/h1-5,7-8,10H,6H2,(H,19,20). The topological polar surface area (TPSA) is 101 Å². The Morgan fingerprint density at radius 3 is 2.59 bits per heavy atom. The van der Waals surface area contributed by atoms with E-state index >= 15 is 0 Å². The second-order valence-electron chi connectivity index (χ2n) is 4.44. The van der Waals surface area contributed by atoms with Gasteiger partial charge in [-0.1, -0.05) is 30.0 Å². The van der Waals surface area contributed by atoms with Crippen LogP contribution in [-0.4, -0.2) is 42.3 Å². The minimum Gasteiger partial charge on any atom is -0.481 e. The van der Waals surface area contributed by atoms with Crippen molar-refractivity contribution in [2.75, 3.05) is 4.90 Å². The molecule has 2 heterocycles. The van der Waals surface area contributed by atoms with Crippen LogP contribution in [0.3, 0.4) is 0 Å². The van der Waals surface area contributed by atoms with Gasteiger partial charge in [-0.05, 0) is 12.1 Å². The molecule has 1 fully saturated rings. The Morgan fingerprint density at radius 2 is 1.95 bits per heavy atom. The summed E-state index contributed by atoms with van der Waals surface area (Å²) in [6, 6.07) is 8.97. The molecule has 0 saturated carbocycles. The van der Waals surface area contributed by atoms with E-state index in [2.05, 4.69) is 15.3 Å². The van der Waals surface area contributed by atoms with Gasteiger partial charge in [0.25, 0.3) is 0 Å². The first-order valence-corrected chi connectivity index (χ1v) is 7.24. The van der Waals surface area contributed by atoms with Crippen LogP contribution in [-0.2, 0) is 9.59 Å². The molecule has 3 rings (SSSR count). The van der Waals surface area contributed by atoms with Gasteiger partial charge in [0.15, 0.2) is 5.17 Å². The third-order valence-corrected chi connectivity index (χ3v) is 4.04. The molecule has 1 aromatic carbocycles. The van der Waals surface area contributed by atoms with Crippen LogP contribution < -0.4 is 4.90 Å². The lowest BCUT2D eigenvalue weighted by atomic mass is 10.2. The largest absolute Gasteiger partial charge is 0.481 e. The van der Waals surface area contributed by atoms with E-state index in [1.807, 2.05) is 6.07 Å². The number of amidine groups is 1. The maximum Gasteiger partial charge on any atom is 0.305 e. The lowest BCUT2D eigenvalue weighted by Crippen LogP contribution is -2.33. The Bertz CT molecular complexity index is 717. The number of benzene rings is 1. The van der Waals surface area contributed by atoms with Gasteiger partial charge in [-0.3, -0.25) is 14.5 Å². The predicted octanol–water partition coefficient (Wildman–Crippen LogP) is 1.02. The van der Waals surface area contributed by atoms with Crippen LogP contribution in [0.5, 0.6) is 0 Å². The fraction of sp³-hybridized carbons (Fsp3) is 0.154. The summed E-state index contributed by atoms with van der Waals surface area (Å²) in [5.41, 5.74) is 0.639.